The molecule has 0 aromatic carbocycles. The lowest BCUT2D eigenvalue weighted by Crippen LogP contribution is -2.46. The molecule has 18 heavy (non-hydrogen) atoms. The van der Waals surface area contributed by atoms with Crippen molar-refractivity contribution in [3.63, 3.8) is 0 Å². The van der Waals surface area contributed by atoms with Gasteiger partial charge in [-0.25, -0.2) is 8.42 Å². The Kier molecular flexibility index (Phi) is 4.60. The first-order valence-corrected chi connectivity index (χ1v) is 6.87. The number of piperidine rings is 1. The number of rotatable bonds is 4. The molecule has 5 nitrogen and oxygen atoms in total. The van der Waals surface area contributed by atoms with Crippen LogP contribution in [0.25, 0.3) is 0 Å². The lowest BCUT2D eigenvalue weighted by molar-refractivity contribution is -0.137. The van der Waals surface area contributed by atoms with E-state index >= 15 is 0 Å². The second-order valence-electron chi connectivity index (χ2n) is 4.25. The number of carbonyl (C=O) groups is 1. The summed E-state index contributed by atoms with van der Waals surface area (Å²) >= 11 is 0. The van der Waals surface area contributed by atoms with Crippen LogP contribution in [-0.4, -0.2) is 42.4 Å². The third-order valence-electron chi connectivity index (χ3n) is 2.88. The van der Waals surface area contributed by atoms with Gasteiger partial charge in [-0.1, -0.05) is 0 Å². The van der Waals surface area contributed by atoms with E-state index in [1.54, 1.807) is 0 Å². The summed E-state index contributed by atoms with van der Waals surface area (Å²) in [4.78, 5) is 10.4. The molecule has 1 aliphatic heterocycles. The summed E-state index contributed by atoms with van der Waals surface area (Å²) in [6.45, 7) is -0.416. The highest BCUT2D eigenvalue weighted by Gasteiger charge is 2.50. The van der Waals surface area contributed by atoms with Crippen molar-refractivity contribution in [1.82, 2.24) is 4.31 Å². The van der Waals surface area contributed by atoms with E-state index < -0.39 is 21.5 Å². The van der Waals surface area contributed by atoms with Crippen molar-refractivity contribution < 1.29 is 31.5 Å². The zero-order valence-electron chi connectivity index (χ0n) is 9.48. The summed E-state index contributed by atoms with van der Waals surface area (Å²) < 4.78 is 59.8. The van der Waals surface area contributed by atoms with Gasteiger partial charge in [-0.05, 0) is 25.2 Å². The van der Waals surface area contributed by atoms with Crippen LogP contribution in [0.4, 0.5) is 13.2 Å². The summed E-state index contributed by atoms with van der Waals surface area (Å²) in [5.41, 5.74) is -5.29. The largest absolute Gasteiger partial charge is 0.511 e. The predicted molar refractivity (Wildman–Crippen MR) is 56.1 cm³/mol. The number of alkyl halides is 3. The molecule has 0 aromatic rings. The van der Waals surface area contributed by atoms with E-state index in [1.807, 2.05) is 0 Å². The highest BCUT2D eigenvalue weighted by atomic mass is 32.2. The fourth-order valence-corrected chi connectivity index (χ4v) is 3.02. The molecule has 0 amide bonds. The first-order valence-electron chi connectivity index (χ1n) is 5.43. The van der Waals surface area contributed by atoms with Crippen molar-refractivity contribution in [2.24, 2.45) is 5.92 Å². The first kappa shape index (κ1) is 15.2. The maximum Gasteiger partial charge on any atom is 0.511 e. The molecule has 0 aromatic heterocycles. The number of nitrogens with zero attached hydrogens (tertiary/aromatic N) is 1. The summed E-state index contributed by atoms with van der Waals surface area (Å²) in [6, 6.07) is 0. The molecule has 0 bridgehead atoms. The maximum absolute atomic E-state index is 12.3. The van der Waals surface area contributed by atoms with Crippen molar-refractivity contribution in [3.05, 3.63) is 0 Å². The molecule has 1 N–H and O–H groups in total. The van der Waals surface area contributed by atoms with Crippen molar-refractivity contribution in [1.29, 1.82) is 0 Å². The van der Waals surface area contributed by atoms with E-state index in [1.165, 1.54) is 0 Å². The Bertz CT molecular complexity index is 407. The molecule has 1 atom stereocenters. The SMILES string of the molecule is O=C(O)CCC1CCCN(S(=O)(=O)C(F)(F)F)C1. The average molecular weight is 289 g/mol. The lowest BCUT2D eigenvalue weighted by Gasteiger charge is -2.32. The lowest BCUT2D eigenvalue weighted by atomic mass is 9.95. The van der Waals surface area contributed by atoms with Gasteiger partial charge < -0.3 is 5.11 Å². The number of hydrogen-bond donors (Lipinski definition) is 1. The smallest absolute Gasteiger partial charge is 0.481 e. The molecule has 1 fully saturated rings. The Morgan fingerprint density at radius 1 is 1.39 bits per heavy atom. The minimum atomic E-state index is -5.29. The Hall–Kier alpha value is -0.830. The van der Waals surface area contributed by atoms with Gasteiger partial charge in [0.05, 0.1) is 0 Å². The van der Waals surface area contributed by atoms with Gasteiger partial charge in [0.15, 0.2) is 0 Å². The molecule has 0 saturated carbocycles. The van der Waals surface area contributed by atoms with Crippen molar-refractivity contribution >= 4 is 16.0 Å². The molecule has 1 saturated heterocycles. The molecule has 106 valence electrons. The van der Waals surface area contributed by atoms with E-state index in [2.05, 4.69) is 0 Å². The van der Waals surface area contributed by atoms with Crippen LogP contribution in [0.3, 0.4) is 0 Å². The molecule has 1 rings (SSSR count). The van der Waals surface area contributed by atoms with Crippen LogP contribution in [0.1, 0.15) is 25.7 Å². The van der Waals surface area contributed by atoms with Gasteiger partial charge in [0.25, 0.3) is 0 Å². The number of halogens is 3. The number of sulfonamides is 1. The van der Waals surface area contributed by atoms with E-state index in [0.29, 0.717) is 17.1 Å². The minimum absolute atomic E-state index is 0.161. The van der Waals surface area contributed by atoms with Crippen LogP contribution in [0.15, 0.2) is 0 Å². The van der Waals surface area contributed by atoms with Gasteiger partial charge in [-0.3, -0.25) is 4.79 Å². The summed E-state index contributed by atoms with van der Waals surface area (Å²) in [5, 5.41) is 8.49. The highest BCUT2D eigenvalue weighted by Crippen LogP contribution is 2.31. The number of carboxylic acid groups (broad SMARTS) is 1. The van der Waals surface area contributed by atoms with Crippen LogP contribution in [0, 0.1) is 5.92 Å². The standard InChI is InChI=1S/C9H14F3NO4S/c10-9(11,12)18(16,17)13-5-1-2-7(6-13)3-4-8(14)15/h7H,1-6H2,(H,14,15). The Morgan fingerprint density at radius 3 is 2.50 bits per heavy atom. The van der Waals surface area contributed by atoms with Crippen molar-refractivity contribution in [3.8, 4) is 0 Å². The fraction of sp³-hybridized carbons (Fsp3) is 0.889. The second kappa shape index (κ2) is 5.43. The Morgan fingerprint density at radius 2 is 2.00 bits per heavy atom. The van der Waals surface area contributed by atoms with Crippen LogP contribution >= 0.6 is 0 Å². The van der Waals surface area contributed by atoms with Gasteiger partial charge in [-0.15, -0.1) is 0 Å². The van der Waals surface area contributed by atoms with Crippen LogP contribution in [-0.2, 0) is 14.8 Å². The predicted octanol–water partition coefficient (Wildman–Crippen LogP) is 1.41. The van der Waals surface area contributed by atoms with Crippen molar-refractivity contribution in [2.75, 3.05) is 13.1 Å². The van der Waals surface area contributed by atoms with Gasteiger partial charge >= 0.3 is 21.5 Å². The summed E-state index contributed by atoms with van der Waals surface area (Å²) in [7, 11) is -5.29. The Labute approximate surface area is 103 Å². The molecule has 9 heteroatoms. The summed E-state index contributed by atoms with van der Waals surface area (Å²) in [6.07, 6.45) is 0.903. The van der Waals surface area contributed by atoms with Crippen LogP contribution in [0.5, 0.6) is 0 Å². The second-order valence-corrected chi connectivity index (χ2v) is 6.18. The van der Waals surface area contributed by atoms with Gasteiger partial charge in [0.1, 0.15) is 0 Å². The number of carboxylic acids is 1. The number of aliphatic carboxylic acids is 1. The van der Waals surface area contributed by atoms with Gasteiger partial charge in [0.2, 0.25) is 0 Å². The van der Waals surface area contributed by atoms with E-state index in [-0.39, 0.29) is 31.8 Å². The molecule has 0 radical (unpaired) electrons. The summed E-state index contributed by atoms with van der Waals surface area (Å²) in [5.74, 6) is -1.36. The molecular weight excluding hydrogens is 275 g/mol. The van der Waals surface area contributed by atoms with E-state index in [0.717, 1.165) is 0 Å². The van der Waals surface area contributed by atoms with E-state index in [4.69, 9.17) is 5.11 Å². The minimum Gasteiger partial charge on any atom is -0.481 e. The monoisotopic (exact) mass is 289 g/mol. The molecule has 1 heterocycles. The topological polar surface area (TPSA) is 74.7 Å². The molecule has 1 unspecified atom stereocenters. The van der Waals surface area contributed by atoms with Crippen molar-refractivity contribution in [2.45, 2.75) is 31.2 Å². The average Bonchev–Trinajstić information content (AvgIpc) is 2.25. The van der Waals surface area contributed by atoms with Gasteiger partial charge in [0, 0.05) is 19.5 Å². The Balaban J connectivity index is 2.67. The molecule has 0 spiro atoms. The zero-order chi connectivity index (χ0) is 14.0. The van der Waals surface area contributed by atoms with Gasteiger partial charge in [-0.2, -0.15) is 17.5 Å². The normalized spacial score (nSPS) is 22.9. The highest BCUT2D eigenvalue weighted by molar-refractivity contribution is 7.90. The third kappa shape index (κ3) is 3.58. The molecule has 0 aliphatic carbocycles. The van der Waals surface area contributed by atoms with E-state index in [9.17, 15) is 26.4 Å². The van der Waals surface area contributed by atoms with Crippen LogP contribution < -0.4 is 0 Å². The third-order valence-corrected chi connectivity index (χ3v) is 4.48. The zero-order valence-corrected chi connectivity index (χ0v) is 10.3. The quantitative estimate of drug-likeness (QED) is 0.849. The molecular formula is C9H14F3NO4S. The first-order chi connectivity index (χ1) is 8.14. The fourth-order valence-electron chi connectivity index (χ4n) is 1.95. The molecule has 1 aliphatic rings. The van der Waals surface area contributed by atoms with Crippen LogP contribution in [0.2, 0.25) is 0 Å². The maximum atomic E-state index is 12.3. The number of hydrogen-bond acceptors (Lipinski definition) is 3.